The highest BCUT2D eigenvalue weighted by molar-refractivity contribution is 6.76. The number of halogens is 1. The molecule has 3 N–H and O–H groups in total. The fourth-order valence-corrected chi connectivity index (χ4v) is 7.28. The highest BCUT2D eigenvalue weighted by Gasteiger charge is 2.37. The first kappa shape index (κ1) is 36.4. The number of amides is 2. The number of nitrogens with zero attached hydrogens (tertiary/aromatic N) is 5. The summed E-state index contributed by atoms with van der Waals surface area (Å²) >= 11 is 0. The number of nitrogens with one attached hydrogen (secondary N) is 1. The van der Waals surface area contributed by atoms with Crippen LogP contribution in [0.1, 0.15) is 79.3 Å². The number of hydrogen-bond donors (Lipinski definition) is 2. The van der Waals surface area contributed by atoms with Gasteiger partial charge in [-0.3, -0.25) is 14.3 Å². The van der Waals surface area contributed by atoms with Crippen molar-refractivity contribution in [3.8, 4) is 11.1 Å². The summed E-state index contributed by atoms with van der Waals surface area (Å²) in [5.74, 6) is -1.78. The molecule has 1 atom stereocenters. The summed E-state index contributed by atoms with van der Waals surface area (Å²) < 4.78 is 30.2. The summed E-state index contributed by atoms with van der Waals surface area (Å²) in [6.45, 7) is 14.9. The number of pyridine rings is 1. The van der Waals surface area contributed by atoms with Gasteiger partial charge in [-0.2, -0.15) is 14.6 Å². The van der Waals surface area contributed by atoms with Gasteiger partial charge in [0.05, 0.1) is 17.8 Å². The Morgan fingerprint density at radius 1 is 1.15 bits per heavy atom. The molecule has 0 aliphatic heterocycles. The van der Waals surface area contributed by atoms with Crippen LogP contribution in [0.3, 0.4) is 0 Å². The number of hydrogen-bond acceptors (Lipinski definition) is 7. The van der Waals surface area contributed by atoms with E-state index in [0.29, 0.717) is 67.6 Å². The molecule has 47 heavy (non-hydrogen) atoms. The topological polar surface area (TPSA) is 139 Å². The van der Waals surface area contributed by atoms with E-state index in [9.17, 15) is 9.59 Å². The molecule has 2 amide bonds. The van der Waals surface area contributed by atoms with Crippen molar-refractivity contribution >= 4 is 25.7 Å². The quantitative estimate of drug-likeness (QED) is 0.106. The van der Waals surface area contributed by atoms with Gasteiger partial charge >= 0.3 is 0 Å². The standard InChI is InChI=1S/C34H52FN7O4Si/c1-8-27-29(23(3)40-42(27)21-46-18-19-47(5,6)7)25-14-15-28(38-32(25)35)39-34(44)30(24-12-10-22(2)11-13-24)26-20-37-41(16-9-17-45-4)31(26)33(36)43/h14-15,20,22,24,30H,8-13,16-19,21H2,1-7H3,(H2,36,43)(H,38,39,44)/t22?,24?,30-/m0/s1. The maximum absolute atomic E-state index is 15.8. The third-order valence-electron chi connectivity index (χ3n) is 9.12. The zero-order valence-corrected chi connectivity index (χ0v) is 30.1. The second kappa shape index (κ2) is 16.1. The Bertz CT molecular complexity index is 1530. The molecule has 0 saturated heterocycles. The molecule has 1 aliphatic carbocycles. The van der Waals surface area contributed by atoms with E-state index in [1.165, 1.54) is 0 Å². The maximum atomic E-state index is 15.8. The van der Waals surface area contributed by atoms with Gasteiger partial charge in [-0.25, -0.2) is 9.67 Å². The molecule has 3 heterocycles. The molecule has 0 radical (unpaired) electrons. The lowest BCUT2D eigenvalue weighted by Gasteiger charge is -2.32. The molecule has 0 unspecified atom stereocenters. The number of aromatic nitrogens is 5. The lowest BCUT2D eigenvalue weighted by atomic mass is 9.73. The molecule has 3 aromatic heterocycles. The predicted molar refractivity (Wildman–Crippen MR) is 183 cm³/mol. The van der Waals surface area contributed by atoms with Crippen molar-refractivity contribution in [2.24, 2.45) is 17.6 Å². The van der Waals surface area contributed by atoms with Gasteiger partial charge < -0.3 is 20.5 Å². The normalized spacial score (nSPS) is 17.5. The molecule has 0 bridgehead atoms. The molecule has 0 aromatic carbocycles. The van der Waals surface area contributed by atoms with Gasteiger partial charge in [-0.05, 0) is 62.6 Å². The second-order valence-electron chi connectivity index (χ2n) is 14.0. The summed E-state index contributed by atoms with van der Waals surface area (Å²) in [6, 6.07) is 4.30. The number of anilines is 1. The third kappa shape index (κ3) is 9.14. The SMILES string of the molecule is CCc1c(-c2ccc(NC(=O)[C@H](c3cnn(CCCOC)c3C(N)=O)C3CCC(C)CC3)nc2F)c(C)nn1COCC[Si](C)(C)C. The van der Waals surface area contributed by atoms with Crippen molar-refractivity contribution in [1.82, 2.24) is 24.5 Å². The van der Waals surface area contributed by atoms with E-state index in [-0.39, 0.29) is 23.3 Å². The smallest absolute Gasteiger partial charge is 0.267 e. The molecule has 11 nitrogen and oxygen atoms in total. The Balaban J connectivity index is 1.59. The first-order valence-corrected chi connectivity index (χ1v) is 20.5. The molecule has 258 valence electrons. The van der Waals surface area contributed by atoms with Gasteiger partial charge in [0.15, 0.2) is 0 Å². The zero-order valence-electron chi connectivity index (χ0n) is 29.1. The molecule has 13 heteroatoms. The van der Waals surface area contributed by atoms with Crippen LogP contribution in [0.4, 0.5) is 10.2 Å². The molecular formula is C34H52FN7O4Si. The number of rotatable bonds is 16. The minimum Gasteiger partial charge on any atom is -0.385 e. The van der Waals surface area contributed by atoms with Crippen molar-refractivity contribution in [3.05, 3.63) is 46.9 Å². The number of primary amides is 1. The highest BCUT2D eigenvalue weighted by atomic mass is 28.3. The molecular weight excluding hydrogens is 618 g/mol. The number of ether oxygens (including phenoxy) is 2. The van der Waals surface area contributed by atoms with Gasteiger partial charge in [0, 0.05) is 57.3 Å². The summed E-state index contributed by atoms with van der Waals surface area (Å²) in [5.41, 5.74) is 9.11. The largest absolute Gasteiger partial charge is 0.385 e. The van der Waals surface area contributed by atoms with Crippen LogP contribution in [-0.4, -0.2) is 64.8 Å². The first-order chi connectivity index (χ1) is 22.3. The van der Waals surface area contributed by atoms with Gasteiger partial charge in [0.1, 0.15) is 18.2 Å². The molecule has 0 spiro atoms. The van der Waals surface area contributed by atoms with E-state index in [0.717, 1.165) is 37.4 Å². The summed E-state index contributed by atoms with van der Waals surface area (Å²) in [4.78, 5) is 30.9. The Labute approximate surface area is 278 Å². The minimum absolute atomic E-state index is 0.0291. The summed E-state index contributed by atoms with van der Waals surface area (Å²) in [5, 5.41) is 11.9. The Morgan fingerprint density at radius 2 is 1.87 bits per heavy atom. The zero-order chi connectivity index (χ0) is 34.3. The van der Waals surface area contributed by atoms with Crippen molar-refractivity contribution in [1.29, 1.82) is 0 Å². The number of carbonyl (C=O) groups excluding carboxylic acids is 2. The molecule has 1 aliphatic rings. The average Bonchev–Trinajstić information content (AvgIpc) is 3.56. The average molecular weight is 670 g/mol. The van der Waals surface area contributed by atoms with Crippen LogP contribution in [0.15, 0.2) is 18.3 Å². The van der Waals surface area contributed by atoms with E-state index in [2.05, 4.69) is 47.1 Å². The van der Waals surface area contributed by atoms with Gasteiger partial charge in [-0.15, -0.1) is 0 Å². The lowest BCUT2D eigenvalue weighted by Crippen LogP contribution is -2.32. The fourth-order valence-electron chi connectivity index (χ4n) is 6.52. The first-order valence-electron chi connectivity index (χ1n) is 16.8. The van der Waals surface area contributed by atoms with Crippen molar-refractivity contribution < 1.29 is 23.5 Å². The number of nitrogens with two attached hydrogens (primary N) is 1. The van der Waals surface area contributed by atoms with E-state index in [1.807, 2.05) is 13.8 Å². The van der Waals surface area contributed by atoms with Crippen LogP contribution in [0, 0.1) is 24.7 Å². The summed E-state index contributed by atoms with van der Waals surface area (Å²) in [7, 11) is 0.387. The Kier molecular flexibility index (Phi) is 12.5. The number of aryl methyl sites for hydroxylation is 2. The predicted octanol–water partition coefficient (Wildman–Crippen LogP) is 6.15. The maximum Gasteiger partial charge on any atom is 0.267 e. The third-order valence-corrected chi connectivity index (χ3v) is 10.8. The Morgan fingerprint density at radius 3 is 2.49 bits per heavy atom. The van der Waals surface area contributed by atoms with Gasteiger partial charge in [-0.1, -0.05) is 46.3 Å². The second-order valence-corrected chi connectivity index (χ2v) is 19.6. The molecule has 1 fully saturated rings. The molecule has 1 saturated carbocycles. The van der Waals surface area contributed by atoms with E-state index in [1.54, 1.807) is 34.8 Å². The monoisotopic (exact) mass is 669 g/mol. The summed E-state index contributed by atoms with van der Waals surface area (Å²) in [6.07, 6.45) is 6.42. The molecule has 3 aromatic rings. The van der Waals surface area contributed by atoms with E-state index < -0.39 is 25.8 Å². The van der Waals surface area contributed by atoms with Crippen molar-refractivity contribution in [2.45, 2.75) is 104 Å². The van der Waals surface area contributed by atoms with Crippen LogP contribution in [-0.2, 0) is 34.0 Å². The van der Waals surface area contributed by atoms with Crippen molar-refractivity contribution in [3.63, 3.8) is 0 Å². The molecule has 4 rings (SSSR count). The van der Waals surface area contributed by atoms with Crippen LogP contribution in [0.2, 0.25) is 25.7 Å². The lowest BCUT2D eigenvalue weighted by molar-refractivity contribution is -0.119. The highest BCUT2D eigenvalue weighted by Crippen LogP contribution is 2.40. The van der Waals surface area contributed by atoms with Crippen LogP contribution in [0.25, 0.3) is 11.1 Å². The Hall–Kier alpha value is -3.42. The van der Waals surface area contributed by atoms with Crippen LogP contribution >= 0.6 is 0 Å². The minimum atomic E-state index is -1.22. The fraction of sp³-hybridized carbons (Fsp3) is 0.618. The van der Waals surface area contributed by atoms with E-state index in [4.69, 9.17) is 15.2 Å². The van der Waals surface area contributed by atoms with Gasteiger partial charge in [0.25, 0.3) is 5.91 Å². The van der Waals surface area contributed by atoms with Crippen LogP contribution in [0.5, 0.6) is 0 Å². The van der Waals surface area contributed by atoms with Crippen LogP contribution < -0.4 is 11.1 Å². The van der Waals surface area contributed by atoms with Crippen molar-refractivity contribution in [2.75, 3.05) is 25.6 Å². The van der Waals surface area contributed by atoms with E-state index >= 15 is 4.39 Å². The number of methoxy groups -OCH3 is 1. The van der Waals surface area contributed by atoms with Gasteiger partial charge in [0.2, 0.25) is 11.9 Å². The number of carbonyl (C=O) groups is 2.